The Balaban J connectivity index is 1.90. The second-order valence-corrected chi connectivity index (χ2v) is 6.13. The number of imide groups is 1. The van der Waals surface area contributed by atoms with Crippen molar-refractivity contribution in [2.45, 2.75) is 25.4 Å². The minimum Gasteiger partial charge on any atom is -0.274 e. The molecule has 2 aromatic rings. The fraction of sp³-hybridized carbons (Fsp3) is 0.263. The van der Waals surface area contributed by atoms with Crippen LogP contribution in [0.4, 0.5) is 18.9 Å². The summed E-state index contributed by atoms with van der Waals surface area (Å²) in [4.78, 5) is 25.9. The number of anilines is 1. The summed E-state index contributed by atoms with van der Waals surface area (Å²) in [5.74, 6) is -1.71. The molecule has 130 valence electrons. The van der Waals surface area contributed by atoms with E-state index in [1.807, 2.05) is 37.3 Å². The Bertz CT molecular complexity index is 802. The summed E-state index contributed by atoms with van der Waals surface area (Å²) >= 11 is 0. The van der Waals surface area contributed by atoms with Crippen LogP contribution in [-0.4, -0.2) is 11.8 Å². The molecule has 2 atom stereocenters. The van der Waals surface area contributed by atoms with E-state index in [9.17, 15) is 22.8 Å². The largest absolute Gasteiger partial charge is 0.416 e. The van der Waals surface area contributed by atoms with E-state index in [1.54, 1.807) is 0 Å². The lowest BCUT2D eigenvalue weighted by molar-refractivity contribution is -0.137. The lowest BCUT2D eigenvalue weighted by Crippen LogP contribution is -2.31. The minimum absolute atomic E-state index is 0.00879. The lowest BCUT2D eigenvalue weighted by atomic mass is 9.86. The molecule has 25 heavy (non-hydrogen) atoms. The SMILES string of the molecule is CC(c1ccccc1)C1CC(=O)N(c2cccc(C(F)(F)F)c2)C1=O. The molecule has 6 heteroatoms. The summed E-state index contributed by atoms with van der Waals surface area (Å²) in [5, 5.41) is 0. The van der Waals surface area contributed by atoms with Gasteiger partial charge in [-0.25, -0.2) is 0 Å². The molecule has 2 unspecified atom stereocenters. The molecule has 1 fully saturated rings. The maximum Gasteiger partial charge on any atom is 0.416 e. The van der Waals surface area contributed by atoms with Crippen molar-refractivity contribution in [2.24, 2.45) is 5.92 Å². The molecule has 1 aliphatic rings. The summed E-state index contributed by atoms with van der Waals surface area (Å²) < 4.78 is 38.7. The lowest BCUT2D eigenvalue weighted by Gasteiger charge is -2.20. The molecule has 0 aromatic heterocycles. The average molecular weight is 347 g/mol. The van der Waals surface area contributed by atoms with Crippen LogP contribution >= 0.6 is 0 Å². The van der Waals surface area contributed by atoms with E-state index < -0.39 is 29.5 Å². The first-order valence-corrected chi connectivity index (χ1v) is 7.88. The highest BCUT2D eigenvalue weighted by molar-refractivity contribution is 6.21. The van der Waals surface area contributed by atoms with Gasteiger partial charge in [0.1, 0.15) is 0 Å². The summed E-state index contributed by atoms with van der Waals surface area (Å²) in [5.41, 5.74) is -0.00251. The van der Waals surface area contributed by atoms with E-state index in [0.717, 1.165) is 22.6 Å². The van der Waals surface area contributed by atoms with Gasteiger partial charge in [-0.05, 0) is 29.7 Å². The Labute approximate surface area is 143 Å². The van der Waals surface area contributed by atoms with Crippen molar-refractivity contribution in [1.29, 1.82) is 0 Å². The molecule has 0 radical (unpaired) electrons. The highest BCUT2D eigenvalue weighted by Gasteiger charge is 2.43. The van der Waals surface area contributed by atoms with Crippen molar-refractivity contribution in [2.75, 3.05) is 4.90 Å². The number of nitrogens with zero attached hydrogens (tertiary/aromatic N) is 1. The number of halogens is 3. The van der Waals surface area contributed by atoms with Gasteiger partial charge in [0.25, 0.3) is 0 Å². The molecule has 1 heterocycles. The van der Waals surface area contributed by atoms with Gasteiger partial charge in [-0.1, -0.05) is 43.3 Å². The smallest absolute Gasteiger partial charge is 0.274 e. The molecule has 2 amide bonds. The van der Waals surface area contributed by atoms with Crippen LogP contribution in [0.25, 0.3) is 0 Å². The van der Waals surface area contributed by atoms with Crippen molar-refractivity contribution in [1.82, 2.24) is 0 Å². The molecule has 0 N–H and O–H groups in total. The van der Waals surface area contributed by atoms with E-state index in [2.05, 4.69) is 0 Å². The Morgan fingerprint density at radius 2 is 1.72 bits per heavy atom. The first-order chi connectivity index (χ1) is 11.8. The quantitative estimate of drug-likeness (QED) is 0.773. The van der Waals surface area contributed by atoms with Crippen molar-refractivity contribution < 1.29 is 22.8 Å². The van der Waals surface area contributed by atoms with Crippen LogP contribution in [-0.2, 0) is 15.8 Å². The van der Waals surface area contributed by atoms with Crippen molar-refractivity contribution >= 4 is 17.5 Å². The van der Waals surface area contributed by atoms with E-state index in [4.69, 9.17) is 0 Å². The van der Waals surface area contributed by atoms with Crippen LogP contribution in [0.3, 0.4) is 0 Å². The molecule has 3 nitrogen and oxygen atoms in total. The third kappa shape index (κ3) is 3.29. The van der Waals surface area contributed by atoms with Gasteiger partial charge in [-0.2, -0.15) is 13.2 Å². The van der Waals surface area contributed by atoms with Crippen LogP contribution < -0.4 is 4.90 Å². The van der Waals surface area contributed by atoms with Gasteiger partial charge in [0, 0.05) is 6.42 Å². The molecule has 0 aliphatic carbocycles. The number of benzene rings is 2. The van der Waals surface area contributed by atoms with Gasteiger partial charge in [0.15, 0.2) is 0 Å². The van der Waals surface area contributed by atoms with Crippen LogP contribution in [0.1, 0.15) is 30.4 Å². The third-order valence-electron chi connectivity index (χ3n) is 4.54. The van der Waals surface area contributed by atoms with E-state index >= 15 is 0 Å². The fourth-order valence-corrected chi connectivity index (χ4v) is 3.13. The number of hydrogen-bond donors (Lipinski definition) is 0. The zero-order valence-corrected chi connectivity index (χ0v) is 13.5. The summed E-state index contributed by atoms with van der Waals surface area (Å²) in [7, 11) is 0. The molecular weight excluding hydrogens is 331 g/mol. The Morgan fingerprint density at radius 3 is 2.36 bits per heavy atom. The monoisotopic (exact) mass is 347 g/mol. The van der Waals surface area contributed by atoms with Gasteiger partial charge < -0.3 is 0 Å². The van der Waals surface area contributed by atoms with E-state index in [-0.39, 0.29) is 18.0 Å². The van der Waals surface area contributed by atoms with Gasteiger partial charge in [0.05, 0.1) is 17.2 Å². The number of amides is 2. The Hall–Kier alpha value is -2.63. The Morgan fingerprint density at radius 1 is 1.04 bits per heavy atom. The predicted octanol–water partition coefficient (Wildman–Crippen LogP) is 4.39. The standard InChI is InChI=1S/C19H16F3NO2/c1-12(13-6-3-2-4-7-13)16-11-17(24)23(18(16)25)15-9-5-8-14(10-15)19(20,21)22/h2-10,12,16H,11H2,1H3. The summed E-state index contributed by atoms with van der Waals surface area (Å²) in [6.45, 7) is 1.85. The Kier molecular flexibility index (Phi) is 4.37. The summed E-state index contributed by atoms with van der Waals surface area (Å²) in [6, 6.07) is 13.6. The second-order valence-electron chi connectivity index (χ2n) is 6.13. The van der Waals surface area contributed by atoms with Crippen molar-refractivity contribution in [3.05, 3.63) is 65.7 Å². The van der Waals surface area contributed by atoms with E-state index in [0.29, 0.717) is 0 Å². The summed E-state index contributed by atoms with van der Waals surface area (Å²) in [6.07, 6.45) is -4.54. The molecule has 0 spiro atoms. The van der Waals surface area contributed by atoms with Crippen LogP contribution in [0.2, 0.25) is 0 Å². The van der Waals surface area contributed by atoms with Crippen molar-refractivity contribution in [3.63, 3.8) is 0 Å². The van der Waals surface area contributed by atoms with Crippen LogP contribution in [0.5, 0.6) is 0 Å². The number of hydrogen-bond acceptors (Lipinski definition) is 2. The molecule has 0 bridgehead atoms. The van der Waals surface area contributed by atoms with Gasteiger partial charge in [0.2, 0.25) is 11.8 Å². The molecule has 1 aliphatic heterocycles. The van der Waals surface area contributed by atoms with Crippen LogP contribution in [0, 0.1) is 5.92 Å². The minimum atomic E-state index is -4.53. The normalized spacial score (nSPS) is 19.4. The average Bonchev–Trinajstić information content (AvgIpc) is 2.89. The number of rotatable bonds is 3. The second kappa shape index (κ2) is 6.35. The van der Waals surface area contributed by atoms with Gasteiger partial charge >= 0.3 is 6.18 Å². The predicted molar refractivity (Wildman–Crippen MR) is 86.9 cm³/mol. The van der Waals surface area contributed by atoms with Gasteiger partial charge in [-0.3, -0.25) is 14.5 Å². The zero-order chi connectivity index (χ0) is 18.2. The molecule has 3 rings (SSSR count). The molecule has 1 saturated heterocycles. The maximum atomic E-state index is 12.9. The number of alkyl halides is 3. The highest BCUT2D eigenvalue weighted by atomic mass is 19.4. The molecule has 0 saturated carbocycles. The first-order valence-electron chi connectivity index (χ1n) is 7.88. The number of carbonyl (C=O) groups is 2. The first kappa shape index (κ1) is 17.2. The maximum absolute atomic E-state index is 12.9. The van der Waals surface area contributed by atoms with E-state index in [1.165, 1.54) is 12.1 Å². The molecular formula is C19H16F3NO2. The van der Waals surface area contributed by atoms with Crippen molar-refractivity contribution in [3.8, 4) is 0 Å². The zero-order valence-electron chi connectivity index (χ0n) is 13.5. The number of carbonyl (C=O) groups excluding carboxylic acids is 2. The van der Waals surface area contributed by atoms with Gasteiger partial charge in [-0.15, -0.1) is 0 Å². The highest BCUT2D eigenvalue weighted by Crippen LogP contribution is 2.37. The third-order valence-corrected chi connectivity index (χ3v) is 4.54. The molecule has 2 aromatic carbocycles. The topological polar surface area (TPSA) is 37.4 Å². The van der Waals surface area contributed by atoms with Crippen LogP contribution in [0.15, 0.2) is 54.6 Å². The fourth-order valence-electron chi connectivity index (χ4n) is 3.13.